The molecule has 34 heavy (non-hydrogen) atoms. The highest BCUT2D eigenvalue weighted by molar-refractivity contribution is 5.96. The number of hydrogen-bond acceptors (Lipinski definition) is 3. The number of amides is 2. The van der Waals surface area contributed by atoms with Crippen LogP contribution < -0.4 is 5.32 Å². The predicted octanol–water partition coefficient (Wildman–Crippen LogP) is 4.06. The molecular formula is C26H28F3N3O2. The molecule has 2 aromatic carbocycles. The standard InChI is InChI=1S/C26H28F3N3O2/c27-26(28,29)20-8-4-7-18(13-20)25(34)30-16-24(33)32-12-10-22-23(32)9-11-31(22)21-14-19(15-21)17-5-2-1-3-6-17/h1-8,13,19,21-23H,9-12,14-16H2,(H,30,34)/t19-,21-,22?,23?. The van der Waals surface area contributed by atoms with E-state index in [0.717, 1.165) is 44.4 Å². The minimum absolute atomic E-state index is 0.105. The average Bonchev–Trinajstić information content (AvgIpc) is 3.39. The lowest BCUT2D eigenvalue weighted by molar-refractivity contribution is -0.137. The van der Waals surface area contributed by atoms with Gasteiger partial charge in [0.25, 0.3) is 5.91 Å². The van der Waals surface area contributed by atoms with E-state index in [4.69, 9.17) is 0 Å². The van der Waals surface area contributed by atoms with Crippen molar-refractivity contribution in [1.82, 2.24) is 15.1 Å². The summed E-state index contributed by atoms with van der Waals surface area (Å²) in [6.45, 7) is 1.42. The minimum atomic E-state index is -4.52. The molecule has 180 valence electrons. The number of nitrogens with one attached hydrogen (secondary N) is 1. The second kappa shape index (κ2) is 9.06. The SMILES string of the molecule is O=C(NCC(=O)N1CCC2C1CCN2[C@H]1C[C@H](c2ccccc2)C1)c1cccc(C(F)(F)F)c1. The third kappa shape index (κ3) is 4.43. The number of alkyl halides is 3. The molecule has 3 fully saturated rings. The number of halogens is 3. The second-order valence-corrected chi connectivity index (χ2v) is 9.53. The monoisotopic (exact) mass is 471 g/mol. The molecule has 5 nitrogen and oxygen atoms in total. The van der Waals surface area contributed by atoms with Crippen molar-refractivity contribution >= 4 is 11.8 Å². The first-order valence-electron chi connectivity index (χ1n) is 11.9. The second-order valence-electron chi connectivity index (χ2n) is 9.53. The number of rotatable bonds is 5. The summed E-state index contributed by atoms with van der Waals surface area (Å²) in [5.41, 5.74) is 0.409. The van der Waals surface area contributed by atoms with Crippen LogP contribution in [0.25, 0.3) is 0 Å². The quantitative estimate of drug-likeness (QED) is 0.716. The van der Waals surface area contributed by atoms with Gasteiger partial charge in [-0.3, -0.25) is 14.5 Å². The van der Waals surface area contributed by atoms with Crippen LogP contribution in [-0.2, 0) is 11.0 Å². The van der Waals surface area contributed by atoms with Gasteiger partial charge in [-0.2, -0.15) is 13.2 Å². The summed E-state index contributed by atoms with van der Waals surface area (Å²) in [6.07, 6.45) is -0.385. The van der Waals surface area contributed by atoms with Crippen LogP contribution in [0.4, 0.5) is 13.2 Å². The molecule has 0 aromatic heterocycles. The summed E-state index contributed by atoms with van der Waals surface area (Å²) in [7, 11) is 0. The molecule has 2 aliphatic heterocycles. The number of carbonyl (C=O) groups is 2. The van der Waals surface area contributed by atoms with Gasteiger partial charge in [0.15, 0.2) is 0 Å². The fraction of sp³-hybridized carbons (Fsp3) is 0.462. The number of benzene rings is 2. The fourth-order valence-corrected chi connectivity index (χ4v) is 5.83. The lowest BCUT2D eigenvalue weighted by atomic mass is 9.75. The third-order valence-electron chi connectivity index (χ3n) is 7.65. The molecule has 2 heterocycles. The Morgan fingerprint density at radius 2 is 1.68 bits per heavy atom. The Balaban J connectivity index is 1.13. The van der Waals surface area contributed by atoms with Crippen molar-refractivity contribution in [3.63, 3.8) is 0 Å². The van der Waals surface area contributed by atoms with E-state index in [9.17, 15) is 22.8 Å². The topological polar surface area (TPSA) is 52.7 Å². The van der Waals surface area contributed by atoms with Gasteiger partial charge in [-0.15, -0.1) is 0 Å². The van der Waals surface area contributed by atoms with Crippen LogP contribution in [0, 0.1) is 0 Å². The molecule has 2 unspecified atom stereocenters. The van der Waals surface area contributed by atoms with Crippen LogP contribution in [0.1, 0.15) is 53.1 Å². The van der Waals surface area contributed by atoms with E-state index >= 15 is 0 Å². The lowest BCUT2D eigenvalue weighted by Gasteiger charge is -2.44. The molecule has 2 saturated heterocycles. The van der Waals surface area contributed by atoms with E-state index in [2.05, 4.69) is 34.5 Å². The zero-order valence-corrected chi connectivity index (χ0v) is 18.8. The summed E-state index contributed by atoms with van der Waals surface area (Å²) < 4.78 is 38.7. The third-order valence-corrected chi connectivity index (χ3v) is 7.65. The Hall–Kier alpha value is -2.87. The normalized spacial score (nSPS) is 26.7. The maximum atomic E-state index is 12.9. The van der Waals surface area contributed by atoms with Crippen molar-refractivity contribution in [2.45, 2.75) is 55.9 Å². The zero-order valence-electron chi connectivity index (χ0n) is 18.8. The summed E-state index contributed by atoms with van der Waals surface area (Å²) in [6, 6.07) is 15.9. The molecule has 2 amide bonds. The molecule has 5 rings (SSSR count). The van der Waals surface area contributed by atoms with Crippen molar-refractivity contribution < 1.29 is 22.8 Å². The maximum absolute atomic E-state index is 12.9. The largest absolute Gasteiger partial charge is 0.416 e. The number of fused-ring (bicyclic) bond motifs is 1. The van der Waals surface area contributed by atoms with Gasteiger partial charge in [0, 0.05) is 36.8 Å². The van der Waals surface area contributed by atoms with Crippen LogP contribution in [0.5, 0.6) is 0 Å². The van der Waals surface area contributed by atoms with Crippen molar-refractivity contribution in [2.24, 2.45) is 0 Å². The summed E-state index contributed by atoms with van der Waals surface area (Å²) >= 11 is 0. The summed E-state index contributed by atoms with van der Waals surface area (Å²) in [5, 5.41) is 2.50. The number of hydrogen-bond donors (Lipinski definition) is 1. The van der Waals surface area contributed by atoms with Crippen LogP contribution in [0.15, 0.2) is 54.6 Å². The van der Waals surface area contributed by atoms with Crippen LogP contribution in [0.2, 0.25) is 0 Å². The number of nitrogens with zero attached hydrogens (tertiary/aromatic N) is 2. The van der Waals surface area contributed by atoms with Gasteiger partial charge in [-0.1, -0.05) is 36.4 Å². The predicted molar refractivity (Wildman–Crippen MR) is 121 cm³/mol. The molecular weight excluding hydrogens is 443 g/mol. The van der Waals surface area contributed by atoms with Crippen LogP contribution in [-0.4, -0.2) is 59.4 Å². The van der Waals surface area contributed by atoms with Crippen molar-refractivity contribution in [3.8, 4) is 0 Å². The molecule has 2 atom stereocenters. The van der Waals surface area contributed by atoms with Crippen LogP contribution >= 0.6 is 0 Å². The Kier molecular flexibility index (Phi) is 6.10. The van der Waals surface area contributed by atoms with Gasteiger partial charge in [-0.05, 0) is 55.4 Å². The summed E-state index contributed by atoms with van der Waals surface area (Å²) in [5.74, 6) is -0.245. The smallest absolute Gasteiger partial charge is 0.343 e. The van der Waals surface area contributed by atoms with E-state index in [0.29, 0.717) is 24.5 Å². The van der Waals surface area contributed by atoms with Crippen LogP contribution in [0.3, 0.4) is 0 Å². The molecule has 0 radical (unpaired) electrons. The Morgan fingerprint density at radius 1 is 0.941 bits per heavy atom. The fourth-order valence-electron chi connectivity index (χ4n) is 5.83. The molecule has 1 N–H and O–H groups in total. The Morgan fingerprint density at radius 3 is 2.41 bits per heavy atom. The molecule has 1 saturated carbocycles. The van der Waals surface area contributed by atoms with E-state index in [1.807, 2.05) is 11.0 Å². The minimum Gasteiger partial charge on any atom is -0.343 e. The van der Waals surface area contributed by atoms with Crippen molar-refractivity contribution in [1.29, 1.82) is 0 Å². The van der Waals surface area contributed by atoms with Gasteiger partial charge < -0.3 is 10.2 Å². The van der Waals surface area contributed by atoms with Crippen molar-refractivity contribution in [2.75, 3.05) is 19.6 Å². The van der Waals surface area contributed by atoms with Gasteiger partial charge >= 0.3 is 6.18 Å². The zero-order chi connectivity index (χ0) is 23.9. The Bertz CT molecular complexity index is 1050. The molecule has 8 heteroatoms. The number of likely N-dealkylation sites (tertiary alicyclic amines) is 2. The van der Waals surface area contributed by atoms with E-state index < -0.39 is 17.6 Å². The lowest BCUT2D eigenvalue weighted by Crippen LogP contribution is -2.48. The van der Waals surface area contributed by atoms with Gasteiger partial charge in [0.05, 0.1) is 12.1 Å². The molecule has 3 aliphatic rings. The van der Waals surface area contributed by atoms with Gasteiger partial charge in [0.2, 0.25) is 5.91 Å². The molecule has 1 aliphatic carbocycles. The maximum Gasteiger partial charge on any atom is 0.416 e. The summed E-state index contributed by atoms with van der Waals surface area (Å²) in [4.78, 5) is 29.6. The first-order valence-corrected chi connectivity index (χ1v) is 11.9. The average molecular weight is 472 g/mol. The first-order chi connectivity index (χ1) is 16.3. The highest BCUT2D eigenvalue weighted by atomic mass is 19.4. The highest BCUT2D eigenvalue weighted by Crippen LogP contribution is 2.44. The Labute approximate surface area is 196 Å². The van der Waals surface area contributed by atoms with E-state index in [1.54, 1.807) is 0 Å². The van der Waals surface area contributed by atoms with E-state index in [-0.39, 0.29) is 24.1 Å². The van der Waals surface area contributed by atoms with Gasteiger partial charge in [0.1, 0.15) is 0 Å². The molecule has 0 spiro atoms. The van der Waals surface area contributed by atoms with Crippen molar-refractivity contribution in [3.05, 3.63) is 71.3 Å². The van der Waals surface area contributed by atoms with Gasteiger partial charge in [-0.25, -0.2) is 0 Å². The molecule has 2 aromatic rings. The van der Waals surface area contributed by atoms with E-state index in [1.165, 1.54) is 17.7 Å². The first kappa shape index (κ1) is 22.9. The highest BCUT2D eigenvalue weighted by Gasteiger charge is 2.48. The number of carbonyl (C=O) groups excluding carboxylic acids is 2. The molecule has 0 bridgehead atoms.